The molecule has 11 heteroatoms. The number of furan rings is 1. The topological polar surface area (TPSA) is 136 Å². The largest absolute Gasteiger partial charge is 0.459 e. The molecule has 0 bridgehead atoms. The number of carbonyl (C=O) groups is 2. The summed E-state index contributed by atoms with van der Waals surface area (Å²) in [6, 6.07) is 10.9. The van der Waals surface area contributed by atoms with Crippen LogP contribution in [-0.4, -0.2) is 74.8 Å². The van der Waals surface area contributed by atoms with Crippen molar-refractivity contribution in [1.82, 2.24) is 19.8 Å². The van der Waals surface area contributed by atoms with Crippen molar-refractivity contribution < 1.29 is 22.4 Å². The molecule has 0 aliphatic carbocycles. The molecule has 1 aromatic heterocycles. The van der Waals surface area contributed by atoms with Gasteiger partial charge in [0.2, 0.25) is 15.9 Å². The Morgan fingerprint density at radius 2 is 1.76 bits per heavy atom. The van der Waals surface area contributed by atoms with Gasteiger partial charge in [0.15, 0.2) is 5.76 Å². The van der Waals surface area contributed by atoms with Gasteiger partial charge >= 0.3 is 0 Å². The van der Waals surface area contributed by atoms with Gasteiger partial charge in [-0.3, -0.25) is 9.59 Å². The lowest BCUT2D eigenvalue weighted by Crippen LogP contribution is -2.65. The maximum absolute atomic E-state index is 13.6. The van der Waals surface area contributed by atoms with Gasteiger partial charge in [-0.25, -0.2) is 8.42 Å². The van der Waals surface area contributed by atoms with Crippen LogP contribution in [-0.2, 0) is 14.8 Å². The first kappa shape index (κ1) is 23.0. The summed E-state index contributed by atoms with van der Waals surface area (Å²) in [6.45, 7) is 2.23. The van der Waals surface area contributed by atoms with E-state index < -0.39 is 15.6 Å². The molecule has 33 heavy (non-hydrogen) atoms. The van der Waals surface area contributed by atoms with Crippen molar-refractivity contribution >= 4 is 21.8 Å². The zero-order chi connectivity index (χ0) is 23.5. The number of piperidine rings is 1. The number of amides is 2. The number of benzene rings is 1. The molecule has 0 unspecified atom stereocenters. The Labute approximate surface area is 192 Å². The number of rotatable bonds is 5. The monoisotopic (exact) mass is 471 g/mol. The van der Waals surface area contributed by atoms with E-state index in [-0.39, 0.29) is 28.0 Å². The van der Waals surface area contributed by atoms with Gasteiger partial charge < -0.3 is 19.5 Å². The number of carbonyl (C=O) groups excluding carboxylic acids is 2. The van der Waals surface area contributed by atoms with Crippen LogP contribution in [0.3, 0.4) is 0 Å². The molecule has 2 aliphatic rings. The van der Waals surface area contributed by atoms with Crippen LogP contribution >= 0.6 is 0 Å². The van der Waals surface area contributed by atoms with Crippen LogP contribution in [0.2, 0.25) is 0 Å². The highest BCUT2D eigenvalue weighted by Crippen LogP contribution is 2.26. The number of hydrogen-bond donors (Lipinski definition) is 2. The number of hydrogen-bond acceptors (Lipinski definition) is 7. The van der Waals surface area contributed by atoms with Crippen LogP contribution in [0.25, 0.3) is 0 Å². The minimum atomic E-state index is -4.04. The van der Waals surface area contributed by atoms with Gasteiger partial charge in [-0.15, -0.1) is 0 Å². The lowest BCUT2D eigenvalue weighted by atomic mass is 9.87. The molecular weight excluding hydrogens is 446 g/mol. The predicted octanol–water partition coefficient (Wildman–Crippen LogP) is 0.536. The second-order valence-corrected chi connectivity index (χ2v) is 9.82. The fourth-order valence-corrected chi connectivity index (χ4v) is 5.70. The van der Waals surface area contributed by atoms with E-state index in [1.54, 1.807) is 21.9 Å². The fourth-order valence-electron chi connectivity index (χ4n) is 4.23. The summed E-state index contributed by atoms with van der Waals surface area (Å²) in [5, 5.41) is 12.3. The van der Waals surface area contributed by atoms with E-state index in [4.69, 9.17) is 9.68 Å². The quantitative estimate of drug-likeness (QED) is 0.649. The summed E-state index contributed by atoms with van der Waals surface area (Å²) < 4.78 is 34.2. The molecule has 2 fully saturated rings. The van der Waals surface area contributed by atoms with Crippen molar-refractivity contribution in [2.24, 2.45) is 0 Å². The second-order valence-electron chi connectivity index (χ2n) is 8.14. The second kappa shape index (κ2) is 9.35. The van der Waals surface area contributed by atoms with Crippen molar-refractivity contribution in [2.75, 3.05) is 39.3 Å². The molecule has 0 saturated carbocycles. The summed E-state index contributed by atoms with van der Waals surface area (Å²) in [4.78, 5) is 29.3. The minimum absolute atomic E-state index is 0.0545. The molecule has 174 valence electrons. The SMILES string of the molecule is N#Cc1cccc(S(=O)(=O)NC2(C(=O)N3CCN(C(=O)c4ccco4)CC3)CCNCC2)c1. The first-order valence-electron chi connectivity index (χ1n) is 10.7. The van der Waals surface area contributed by atoms with Gasteiger partial charge in [-0.05, 0) is 56.3 Å². The Bertz CT molecular complexity index is 1160. The molecule has 4 rings (SSSR count). The van der Waals surface area contributed by atoms with Gasteiger partial charge in [0.05, 0.1) is 22.8 Å². The summed E-state index contributed by atoms with van der Waals surface area (Å²) in [6.07, 6.45) is 2.04. The van der Waals surface area contributed by atoms with E-state index in [1.807, 2.05) is 6.07 Å². The zero-order valence-electron chi connectivity index (χ0n) is 18.0. The lowest BCUT2D eigenvalue weighted by Gasteiger charge is -2.43. The van der Waals surface area contributed by atoms with Crippen molar-refractivity contribution in [3.8, 4) is 6.07 Å². The fraction of sp³-hybridized carbons (Fsp3) is 0.409. The van der Waals surface area contributed by atoms with Crippen molar-refractivity contribution in [2.45, 2.75) is 23.3 Å². The van der Waals surface area contributed by atoms with Gasteiger partial charge in [0.1, 0.15) is 5.54 Å². The van der Waals surface area contributed by atoms with E-state index >= 15 is 0 Å². The number of nitriles is 1. The maximum Gasteiger partial charge on any atom is 0.289 e. The normalized spacial score (nSPS) is 18.5. The van der Waals surface area contributed by atoms with Gasteiger partial charge in [-0.1, -0.05) is 6.07 Å². The van der Waals surface area contributed by atoms with Crippen LogP contribution in [0, 0.1) is 11.3 Å². The summed E-state index contributed by atoms with van der Waals surface area (Å²) in [7, 11) is -4.04. The van der Waals surface area contributed by atoms with Crippen molar-refractivity contribution in [3.63, 3.8) is 0 Å². The number of sulfonamides is 1. The lowest BCUT2D eigenvalue weighted by molar-refractivity contribution is -0.140. The third-order valence-corrected chi connectivity index (χ3v) is 7.59. The molecule has 2 amide bonds. The van der Waals surface area contributed by atoms with E-state index in [0.29, 0.717) is 52.1 Å². The molecule has 3 heterocycles. The third kappa shape index (κ3) is 4.78. The number of piperazine rings is 1. The Balaban J connectivity index is 1.50. The first-order chi connectivity index (χ1) is 15.8. The highest BCUT2D eigenvalue weighted by atomic mass is 32.2. The molecule has 0 radical (unpaired) electrons. The summed E-state index contributed by atoms with van der Waals surface area (Å²) >= 11 is 0. The van der Waals surface area contributed by atoms with Gasteiger partial charge in [0, 0.05) is 26.2 Å². The van der Waals surface area contributed by atoms with Crippen LogP contribution in [0.5, 0.6) is 0 Å². The third-order valence-electron chi connectivity index (χ3n) is 6.06. The van der Waals surface area contributed by atoms with E-state index in [2.05, 4.69) is 10.0 Å². The zero-order valence-corrected chi connectivity index (χ0v) is 18.8. The molecule has 2 aromatic rings. The average Bonchev–Trinajstić information content (AvgIpc) is 3.39. The highest BCUT2D eigenvalue weighted by Gasteiger charge is 2.46. The minimum Gasteiger partial charge on any atom is -0.459 e. The Morgan fingerprint density at radius 3 is 2.39 bits per heavy atom. The predicted molar refractivity (Wildman–Crippen MR) is 118 cm³/mol. The van der Waals surface area contributed by atoms with Crippen molar-refractivity contribution in [3.05, 3.63) is 54.0 Å². The van der Waals surface area contributed by atoms with Crippen LogP contribution in [0.1, 0.15) is 29.0 Å². The van der Waals surface area contributed by atoms with E-state index in [0.717, 1.165) is 0 Å². The maximum atomic E-state index is 13.6. The molecule has 2 N–H and O–H groups in total. The molecule has 0 spiro atoms. The first-order valence-corrected chi connectivity index (χ1v) is 12.2. The number of nitrogens with zero attached hydrogens (tertiary/aromatic N) is 3. The Hall–Kier alpha value is -3.20. The molecular formula is C22H25N5O5S. The smallest absolute Gasteiger partial charge is 0.289 e. The standard InChI is InChI=1S/C22H25N5O5S/c23-16-17-3-1-4-18(15-17)33(30,31)25-22(6-8-24-9-7-22)21(29)27-12-10-26(11-13-27)20(28)19-5-2-14-32-19/h1-5,14-15,24-25H,6-13H2. The molecule has 2 aliphatic heterocycles. The molecule has 10 nitrogen and oxygen atoms in total. The summed E-state index contributed by atoms with van der Waals surface area (Å²) in [5.74, 6) is -0.284. The molecule has 0 atom stereocenters. The van der Waals surface area contributed by atoms with Crippen LogP contribution < -0.4 is 10.0 Å². The van der Waals surface area contributed by atoms with Gasteiger partial charge in [0.25, 0.3) is 5.91 Å². The van der Waals surface area contributed by atoms with Crippen LogP contribution in [0.15, 0.2) is 52.0 Å². The van der Waals surface area contributed by atoms with Gasteiger partial charge in [-0.2, -0.15) is 9.98 Å². The molecule has 1 aromatic carbocycles. The number of nitrogens with one attached hydrogen (secondary N) is 2. The van der Waals surface area contributed by atoms with Crippen molar-refractivity contribution in [1.29, 1.82) is 5.26 Å². The Kier molecular flexibility index (Phi) is 6.51. The Morgan fingerprint density at radius 1 is 1.06 bits per heavy atom. The van der Waals surface area contributed by atoms with E-state index in [9.17, 15) is 18.0 Å². The highest BCUT2D eigenvalue weighted by molar-refractivity contribution is 7.89. The van der Waals surface area contributed by atoms with E-state index in [1.165, 1.54) is 30.5 Å². The van der Waals surface area contributed by atoms with Crippen LogP contribution in [0.4, 0.5) is 0 Å². The average molecular weight is 472 g/mol. The molecule has 2 saturated heterocycles. The summed E-state index contributed by atoms with van der Waals surface area (Å²) in [5.41, 5.74) is -1.07.